The summed E-state index contributed by atoms with van der Waals surface area (Å²) in [5.41, 5.74) is 6.27. The van der Waals surface area contributed by atoms with Crippen molar-refractivity contribution in [2.45, 2.75) is 18.8 Å². The Morgan fingerprint density at radius 3 is 2.62 bits per heavy atom. The molecule has 1 aliphatic heterocycles. The zero-order valence-electron chi connectivity index (χ0n) is 9.58. The highest BCUT2D eigenvalue weighted by atomic mass is 19.1. The summed E-state index contributed by atoms with van der Waals surface area (Å²) in [6.07, 6.45) is 0.893. The Hall–Kier alpha value is -0.930. The van der Waals surface area contributed by atoms with E-state index in [4.69, 9.17) is 10.5 Å². The highest BCUT2D eigenvalue weighted by molar-refractivity contribution is 5.29. The van der Waals surface area contributed by atoms with Crippen LogP contribution in [0.25, 0.3) is 0 Å². The van der Waals surface area contributed by atoms with Gasteiger partial charge in [0.2, 0.25) is 0 Å². The molecule has 0 amide bonds. The molecule has 1 aromatic carbocycles. The van der Waals surface area contributed by atoms with E-state index in [9.17, 15) is 4.39 Å². The first kappa shape index (κ1) is 11.6. The molecular weight excluding hydrogens is 205 g/mol. The number of rotatable bonds is 4. The average molecular weight is 223 g/mol. The van der Waals surface area contributed by atoms with E-state index in [0.29, 0.717) is 25.7 Å². The van der Waals surface area contributed by atoms with E-state index in [2.05, 4.69) is 6.92 Å². The number of benzene rings is 1. The molecule has 2 rings (SSSR count). The number of hydrogen-bond acceptors (Lipinski definition) is 2. The van der Waals surface area contributed by atoms with Crippen LogP contribution in [0.15, 0.2) is 24.3 Å². The fourth-order valence-electron chi connectivity index (χ4n) is 2.37. The first-order chi connectivity index (χ1) is 7.68. The van der Waals surface area contributed by atoms with Crippen molar-refractivity contribution in [3.8, 4) is 0 Å². The summed E-state index contributed by atoms with van der Waals surface area (Å²) < 4.78 is 19.1. The van der Waals surface area contributed by atoms with E-state index in [-0.39, 0.29) is 11.2 Å². The molecule has 1 aliphatic rings. The lowest BCUT2D eigenvalue weighted by Gasteiger charge is -2.43. The standard InChI is InChI=1S/C13H18FNO/c1-10(7-15)6-13(8-16-9-13)11-4-2-3-5-12(11)14/h2-5,10H,6-9,15H2,1H3. The maximum Gasteiger partial charge on any atom is 0.127 e. The number of ether oxygens (including phenoxy) is 1. The van der Waals surface area contributed by atoms with Crippen molar-refractivity contribution in [2.75, 3.05) is 19.8 Å². The Kier molecular flexibility index (Phi) is 3.26. The molecule has 0 saturated carbocycles. The van der Waals surface area contributed by atoms with Crippen molar-refractivity contribution in [3.05, 3.63) is 35.6 Å². The fraction of sp³-hybridized carbons (Fsp3) is 0.538. The minimum Gasteiger partial charge on any atom is -0.379 e. The lowest BCUT2D eigenvalue weighted by Crippen LogP contribution is -2.49. The van der Waals surface area contributed by atoms with Crippen molar-refractivity contribution >= 4 is 0 Å². The van der Waals surface area contributed by atoms with E-state index < -0.39 is 0 Å². The summed E-state index contributed by atoms with van der Waals surface area (Å²) in [6.45, 7) is 3.95. The van der Waals surface area contributed by atoms with Crippen LogP contribution >= 0.6 is 0 Å². The Morgan fingerprint density at radius 2 is 2.12 bits per heavy atom. The smallest absolute Gasteiger partial charge is 0.127 e. The molecule has 2 nitrogen and oxygen atoms in total. The molecule has 1 heterocycles. The Balaban J connectivity index is 2.25. The van der Waals surface area contributed by atoms with Gasteiger partial charge in [0.1, 0.15) is 5.82 Å². The summed E-state index contributed by atoms with van der Waals surface area (Å²) in [6, 6.07) is 6.98. The van der Waals surface area contributed by atoms with Crippen LogP contribution in [0, 0.1) is 11.7 Å². The minimum absolute atomic E-state index is 0.130. The minimum atomic E-state index is -0.149. The highest BCUT2D eigenvalue weighted by Crippen LogP contribution is 2.39. The Bertz CT molecular complexity index is 363. The highest BCUT2D eigenvalue weighted by Gasteiger charge is 2.42. The Morgan fingerprint density at radius 1 is 1.44 bits per heavy atom. The normalized spacial score (nSPS) is 20.2. The second-order valence-electron chi connectivity index (χ2n) is 4.80. The predicted octanol–water partition coefficient (Wildman–Crippen LogP) is 2.08. The predicted molar refractivity (Wildman–Crippen MR) is 61.7 cm³/mol. The molecule has 0 aromatic heterocycles. The van der Waals surface area contributed by atoms with Gasteiger partial charge >= 0.3 is 0 Å². The second kappa shape index (κ2) is 4.52. The third-order valence-electron chi connectivity index (χ3n) is 3.34. The molecule has 1 atom stereocenters. The quantitative estimate of drug-likeness (QED) is 0.848. The van der Waals surface area contributed by atoms with Gasteiger partial charge in [-0.15, -0.1) is 0 Å². The topological polar surface area (TPSA) is 35.2 Å². The van der Waals surface area contributed by atoms with Crippen molar-refractivity contribution in [1.29, 1.82) is 0 Å². The van der Waals surface area contributed by atoms with Gasteiger partial charge in [-0.2, -0.15) is 0 Å². The van der Waals surface area contributed by atoms with Gasteiger partial charge in [-0.05, 0) is 30.5 Å². The van der Waals surface area contributed by atoms with Gasteiger partial charge in [0.05, 0.1) is 13.2 Å². The van der Waals surface area contributed by atoms with Crippen LogP contribution in [0.1, 0.15) is 18.9 Å². The lowest BCUT2D eigenvalue weighted by molar-refractivity contribution is -0.0717. The van der Waals surface area contributed by atoms with Gasteiger partial charge in [0, 0.05) is 5.41 Å². The molecule has 16 heavy (non-hydrogen) atoms. The van der Waals surface area contributed by atoms with Crippen LogP contribution < -0.4 is 5.73 Å². The van der Waals surface area contributed by atoms with Gasteiger partial charge in [0.25, 0.3) is 0 Å². The Labute approximate surface area is 95.6 Å². The summed E-state index contributed by atoms with van der Waals surface area (Å²) in [5, 5.41) is 0. The molecule has 0 bridgehead atoms. The summed E-state index contributed by atoms with van der Waals surface area (Å²) >= 11 is 0. The van der Waals surface area contributed by atoms with Crippen LogP contribution in [-0.4, -0.2) is 19.8 Å². The molecule has 1 aromatic rings. The molecule has 1 saturated heterocycles. The second-order valence-corrected chi connectivity index (χ2v) is 4.80. The van der Waals surface area contributed by atoms with E-state index in [1.165, 1.54) is 6.07 Å². The zero-order valence-corrected chi connectivity index (χ0v) is 9.58. The number of hydrogen-bond donors (Lipinski definition) is 1. The zero-order chi connectivity index (χ0) is 11.6. The van der Waals surface area contributed by atoms with Gasteiger partial charge in [-0.25, -0.2) is 4.39 Å². The average Bonchev–Trinajstić information content (AvgIpc) is 2.24. The third kappa shape index (κ3) is 1.97. The van der Waals surface area contributed by atoms with Crippen LogP contribution in [0.4, 0.5) is 4.39 Å². The maximum absolute atomic E-state index is 13.8. The molecule has 1 unspecified atom stereocenters. The van der Waals surface area contributed by atoms with Crippen LogP contribution in [0.3, 0.4) is 0 Å². The number of halogens is 1. The maximum atomic E-state index is 13.8. The van der Waals surface area contributed by atoms with E-state index in [1.54, 1.807) is 6.07 Å². The van der Waals surface area contributed by atoms with Crippen molar-refractivity contribution in [1.82, 2.24) is 0 Å². The van der Waals surface area contributed by atoms with Gasteiger partial charge in [-0.1, -0.05) is 25.1 Å². The van der Waals surface area contributed by atoms with Gasteiger partial charge in [0.15, 0.2) is 0 Å². The van der Waals surface area contributed by atoms with Crippen molar-refractivity contribution in [2.24, 2.45) is 11.7 Å². The molecule has 0 aliphatic carbocycles. The molecule has 3 heteroatoms. The first-order valence-corrected chi connectivity index (χ1v) is 5.71. The lowest BCUT2D eigenvalue weighted by atomic mass is 9.72. The van der Waals surface area contributed by atoms with Crippen LogP contribution in [-0.2, 0) is 10.2 Å². The first-order valence-electron chi connectivity index (χ1n) is 5.71. The van der Waals surface area contributed by atoms with Crippen LogP contribution in [0.2, 0.25) is 0 Å². The molecule has 0 spiro atoms. The fourth-order valence-corrected chi connectivity index (χ4v) is 2.37. The van der Waals surface area contributed by atoms with E-state index in [0.717, 1.165) is 12.0 Å². The largest absolute Gasteiger partial charge is 0.379 e. The number of nitrogens with two attached hydrogens (primary N) is 1. The van der Waals surface area contributed by atoms with E-state index in [1.807, 2.05) is 12.1 Å². The molecule has 88 valence electrons. The monoisotopic (exact) mass is 223 g/mol. The summed E-state index contributed by atoms with van der Waals surface area (Å²) in [4.78, 5) is 0. The summed E-state index contributed by atoms with van der Waals surface area (Å²) in [7, 11) is 0. The van der Waals surface area contributed by atoms with Crippen molar-refractivity contribution < 1.29 is 9.13 Å². The van der Waals surface area contributed by atoms with Gasteiger partial charge < -0.3 is 10.5 Å². The van der Waals surface area contributed by atoms with E-state index >= 15 is 0 Å². The summed E-state index contributed by atoms with van der Waals surface area (Å²) in [5.74, 6) is 0.263. The van der Waals surface area contributed by atoms with Gasteiger partial charge in [-0.3, -0.25) is 0 Å². The molecule has 2 N–H and O–H groups in total. The molecule has 1 fully saturated rings. The van der Waals surface area contributed by atoms with Crippen molar-refractivity contribution in [3.63, 3.8) is 0 Å². The third-order valence-corrected chi connectivity index (χ3v) is 3.34. The SMILES string of the molecule is CC(CN)CC1(c2ccccc2F)COC1. The molecule has 0 radical (unpaired) electrons. The van der Waals surface area contributed by atoms with Crippen LogP contribution in [0.5, 0.6) is 0 Å². The molecular formula is C13H18FNO.